The van der Waals surface area contributed by atoms with Gasteiger partial charge in [0.05, 0.1) is 6.10 Å². The Labute approximate surface area is 203 Å². The number of hydrogen-bond acceptors (Lipinski definition) is 5. The number of rotatable bonds is 9. The zero-order valence-corrected chi connectivity index (χ0v) is 21.7. The molecular formula is C22H39IN4O2S. The molecule has 1 aromatic rings. The second-order valence-corrected chi connectivity index (χ2v) is 9.16. The van der Waals surface area contributed by atoms with Crippen molar-refractivity contribution in [2.45, 2.75) is 44.8 Å². The Morgan fingerprint density at radius 3 is 2.57 bits per heavy atom. The monoisotopic (exact) mass is 550 g/mol. The Balaban J connectivity index is 0.00000320. The van der Waals surface area contributed by atoms with E-state index in [1.165, 1.54) is 30.8 Å². The number of thiophene rings is 1. The van der Waals surface area contributed by atoms with Crippen LogP contribution in [0.15, 0.2) is 22.5 Å². The molecule has 0 atom stereocenters. The second kappa shape index (κ2) is 14.6. The van der Waals surface area contributed by atoms with Crippen molar-refractivity contribution in [1.29, 1.82) is 0 Å². The van der Waals surface area contributed by atoms with Gasteiger partial charge in [-0.3, -0.25) is 9.89 Å². The minimum atomic E-state index is 0. The van der Waals surface area contributed by atoms with Gasteiger partial charge in [0, 0.05) is 58.4 Å². The van der Waals surface area contributed by atoms with Gasteiger partial charge >= 0.3 is 0 Å². The third kappa shape index (κ3) is 8.61. The van der Waals surface area contributed by atoms with Crippen molar-refractivity contribution < 1.29 is 9.47 Å². The summed E-state index contributed by atoms with van der Waals surface area (Å²) in [6, 6.07) is 4.40. The minimum absolute atomic E-state index is 0. The van der Waals surface area contributed by atoms with Crippen molar-refractivity contribution in [1.82, 2.24) is 15.1 Å². The number of piperidine rings is 2. The van der Waals surface area contributed by atoms with Gasteiger partial charge in [0.1, 0.15) is 0 Å². The van der Waals surface area contributed by atoms with Gasteiger partial charge in [-0.1, -0.05) is 6.07 Å². The number of aliphatic imine (C=N–C) groups is 1. The number of methoxy groups -OCH3 is 1. The molecule has 1 N–H and O–H groups in total. The maximum absolute atomic E-state index is 5.98. The quantitative estimate of drug-likeness (QED) is 0.220. The number of guanidine groups is 1. The van der Waals surface area contributed by atoms with Crippen LogP contribution < -0.4 is 5.32 Å². The third-order valence-corrected chi connectivity index (χ3v) is 6.88. The predicted molar refractivity (Wildman–Crippen MR) is 136 cm³/mol. The first-order valence-corrected chi connectivity index (χ1v) is 12.0. The highest BCUT2D eigenvalue weighted by atomic mass is 127. The molecule has 2 fully saturated rings. The van der Waals surface area contributed by atoms with Gasteiger partial charge < -0.3 is 19.7 Å². The summed E-state index contributed by atoms with van der Waals surface area (Å²) in [6.45, 7) is 8.18. The topological polar surface area (TPSA) is 49.3 Å². The highest BCUT2D eigenvalue weighted by Gasteiger charge is 2.24. The summed E-state index contributed by atoms with van der Waals surface area (Å²) in [7, 11) is 3.64. The van der Waals surface area contributed by atoms with E-state index in [9.17, 15) is 0 Å². The van der Waals surface area contributed by atoms with Crippen LogP contribution in [0.3, 0.4) is 0 Å². The smallest absolute Gasteiger partial charge is 0.193 e. The molecule has 30 heavy (non-hydrogen) atoms. The number of nitrogens with one attached hydrogen (secondary N) is 1. The number of hydrogen-bond donors (Lipinski definition) is 1. The van der Waals surface area contributed by atoms with E-state index in [-0.39, 0.29) is 24.0 Å². The third-order valence-electron chi connectivity index (χ3n) is 6.02. The number of nitrogens with zero attached hydrogens (tertiary/aromatic N) is 3. The number of likely N-dealkylation sites (tertiary alicyclic amines) is 2. The van der Waals surface area contributed by atoms with Crippen molar-refractivity contribution in [3.05, 3.63) is 22.4 Å². The van der Waals surface area contributed by atoms with E-state index in [1.54, 1.807) is 7.11 Å². The molecule has 2 saturated heterocycles. The van der Waals surface area contributed by atoms with Crippen molar-refractivity contribution in [3.8, 4) is 0 Å². The molecule has 0 aliphatic carbocycles. The molecule has 0 spiro atoms. The van der Waals surface area contributed by atoms with Crippen LogP contribution in [-0.2, 0) is 16.0 Å². The maximum Gasteiger partial charge on any atom is 0.193 e. The molecule has 0 unspecified atom stereocenters. The molecule has 172 valence electrons. The lowest BCUT2D eigenvalue weighted by atomic mass is 9.97. The largest absolute Gasteiger partial charge is 0.385 e. The van der Waals surface area contributed by atoms with E-state index in [4.69, 9.17) is 9.47 Å². The van der Waals surface area contributed by atoms with E-state index in [1.807, 2.05) is 18.4 Å². The highest BCUT2D eigenvalue weighted by Crippen LogP contribution is 2.20. The number of ether oxygens (including phenoxy) is 2. The standard InChI is InChI=1S/C22H38N4O2S.HI/c1-23-22(26-12-8-20(9-13-26)28-15-4-14-27-2)24-17-19-6-10-25(11-7-19)18-21-5-3-16-29-21;/h3,5,16,19-20H,4,6-15,17-18H2,1-2H3,(H,23,24);1H. The first kappa shape index (κ1) is 25.8. The van der Waals surface area contributed by atoms with Crippen LogP contribution in [0.5, 0.6) is 0 Å². The Kier molecular flexibility index (Phi) is 12.6. The van der Waals surface area contributed by atoms with Crippen LogP contribution in [-0.4, -0.2) is 82.0 Å². The van der Waals surface area contributed by atoms with Gasteiger partial charge in [-0.15, -0.1) is 35.3 Å². The van der Waals surface area contributed by atoms with E-state index in [2.05, 4.69) is 37.6 Å². The van der Waals surface area contributed by atoms with Gasteiger partial charge in [-0.2, -0.15) is 0 Å². The molecule has 3 heterocycles. The van der Waals surface area contributed by atoms with E-state index in [0.29, 0.717) is 6.10 Å². The Bertz CT molecular complexity index is 586. The SMILES string of the molecule is CN=C(NCC1CCN(Cc2cccs2)CC1)N1CCC(OCCCOC)CC1.I. The Morgan fingerprint density at radius 1 is 1.17 bits per heavy atom. The van der Waals surface area contributed by atoms with Crippen molar-refractivity contribution in [2.75, 3.05) is 60.1 Å². The zero-order valence-electron chi connectivity index (χ0n) is 18.6. The fraction of sp³-hybridized carbons (Fsp3) is 0.773. The summed E-state index contributed by atoms with van der Waals surface area (Å²) < 4.78 is 11.1. The van der Waals surface area contributed by atoms with Crippen LogP contribution in [0.4, 0.5) is 0 Å². The van der Waals surface area contributed by atoms with Crippen LogP contribution in [0.2, 0.25) is 0 Å². The molecule has 0 radical (unpaired) electrons. The molecule has 2 aliphatic heterocycles. The fourth-order valence-electron chi connectivity index (χ4n) is 4.23. The molecule has 6 nitrogen and oxygen atoms in total. The van der Waals surface area contributed by atoms with E-state index in [0.717, 1.165) is 70.5 Å². The molecule has 2 aliphatic rings. The summed E-state index contributed by atoms with van der Waals surface area (Å²) >= 11 is 1.87. The lowest BCUT2D eigenvalue weighted by Gasteiger charge is -2.36. The van der Waals surface area contributed by atoms with Crippen molar-refractivity contribution >= 4 is 41.3 Å². The Morgan fingerprint density at radius 2 is 1.93 bits per heavy atom. The summed E-state index contributed by atoms with van der Waals surface area (Å²) in [6.07, 6.45) is 6.06. The lowest BCUT2D eigenvalue weighted by molar-refractivity contribution is 0.00986. The average molecular weight is 551 g/mol. The van der Waals surface area contributed by atoms with Gasteiger partial charge in [0.15, 0.2) is 5.96 Å². The van der Waals surface area contributed by atoms with Crippen LogP contribution in [0.25, 0.3) is 0 Å². The lowest BCUT2D eigenvalue weighted by Crippen LogP contribution is -2.48. The molecule has 0 saturated carbocycles. The summed E-state index contributed by atoms with van der Waals surface area (Å²) in [5, 5.41) is 5.82. The van der Waals surface area contributed by atoms with E-state index < -0.39 is 0 Å². The zero-order chi connectivity index (χ0) is 20.3. The van der Waals surface area contributed by atoms with E-state index >= 15 is 0 Å². The summed E-state index contributed by atoms with van der Waals surface area (Å²) in [5.74, 6) is 1.80. The van der Waals surface area contributed by atoms with Gasteiger partial charge in [-0.25, -0.2) is 0 Å². The predicted octanol–water partition coefficient (Wildman–Crippen LogP) is 3.67. The fourth-order valence-corrected chi connectivity index (χ4v) is 4.97. The van der Waals surface area contributed by atoms with Crippen molar-refractivity contribution in [2.24, 2.45) is 10.9 Å². The molecule has 8 heteroatoms. The average Bonchev–Trinajstić information content (AvgIpc) is 3.27. The first-order chi connectivity index (χ1) is 14.3. The first-order valence-electron chi connectivity index (χ1n) is 11.1. The van der Waals surface area contributed by atoms with Crippen molar-refractivity contribution in [3.63, 3.8) is 0 Å². The molecule has 1 aromatic heterocycles. The van der Waals surface area contributed by atoms with Gasteiger partial charge in [-0.05, 0) is 62.6 Å². The molecular weight excluding hydrogens is 511 g/mol. The molecule has 0 aromatic carbocycles. The Hall–Kier alpha value is -0.420. The van der Waals surface area contributed by atoms with Crippen LogP contribution >= 0.6 is 35.3 Å². The summed E-state index contributed by atoms with van der Waals surface area (Å²) in [5.41, 5.74) is 0. The van der Waals surface area contributed by atoms with Crippen LogP contribution in [0, 0.1) is 5.92 Å². The summed E-state index contributed by atoms with van der Waals surface area (Å²) in [4.78, 5) is 11.0. The minimum Gasteiger partial charge on any atom is -0.385 e. The van der Waals surface area contributed by atoms with Gasteiger partial charge in [0.25, 0.3) is 0 Å². The normalized spacial score (nSPS) is 19.7. The molecule has 0 bridgehead atoms. The maximum atomic E-state index is 5.98. The van der Waals surface area contributed by atoms with Gasteiger partial charge in [0.2, 0.25) is 0 Å². The van der Waals surface area contributed by atoms with Crippen LogP contribution in [0.1, 0.15) is 37.0 Å². The number of halogens is 1. The molecule has 3 rings (SSSR count). The second-order valence-electron chi connectivity index (χ2n) is 8.13. The highest BCUT2D eigenvalue weighted by molar-refractivity contribution is 14.0. The molecule has 0 amide bonds.